The van der Waals surface area contributed by atoms with Crippen molar-refractivity contribution in [3.63, 3.8) is 0 Å². The van der Waals surface area contributed by atoms with Crippen molar-refractivity contribution in [1.29, 1.82) is 0 Å². The van der Waals surface area contributed by atoms with E-state index in [0.717, 1.165) is 10.6 Å². The molecule has 0 radical (unpaired) electrons. The van der Waals surface area contributed by atoms with Gasteiger partial charge in [-0.15, -0.1) is 12.6 Å². The van der Waals surface area contributed by atoms with Crippen molar-refractivity contribution in [2.45, 2.75) is 4.90 Å². The maximum Gasteiger partial charge on any atom is 0.0869 e. The van der Waals surface area contributed by atoms with E-state index >= 15 is 0 Å². The second kappa shape index (κ2) is 3.10. The molecule has 2 N–H and O–H groups in total. The molecular weight excluding hydrogens is 184 g/mol. The fourth-order valence-electron chi connectivity index (χ4n) is 1.01. The van der Waals surface area contributed by atoms with Gasteiger partial charge in [-0.05, 0) is 18.2 Å². The summed E-state index contributed by atoms with van der Waals surface area (Å²) in [6, 6.07) is 5.44. The van der Waals surface area contributed by atoms with Gasteiger partial charge in [0, 0.05) is 10.6 Å². The highest BCUT2D eigenvalue weighted by molar-refractivity contribution is 7.80. The average Bonchev–Trinajstić information content (AvgIpc) is 2.62. The lowest BCUT2D eigenvalue weighted by Crippen LogP contribution is -1.99. The highest BCUT2D eigenvalue weighted by atomic mass is 32.1. The van der Waals surface area contributed by atoms with Crippen LogP contribution in [0.2, 0.25) is 0 Å². The van der Waals surface area contributed by atoms with Crippen LogP contribution in [0.3, 0.4) is 0 Å². The summed E-state index contributed by atoms with van der Waals surface area (Å²) in [6.45, 7) is 0. The Balaban J connectivity index is 2.49. The topological polar surface area (TPSA) is 56.7 Å². The highest BCUT2D eigenvalue weighted by Gasteiger charge is 1.99. The molecule has 0 aliphatic carbocycles. The smallest absolute Gasteiger partial charge is 0.0869 e. The molecule has 5 heteroatoms. The van der Waals surface area contributed by atoms with Crippen molar-refractivity contribution in [2.75, 3.05) is 5.73 Å². The summed E-state index contributed by atoms with van der Waals surface area (Å²) in [5, 5.41) is 7.98. The molecule has 0 fully saturated rings. The Hall–Kier alpha value is -1.49. The zero-order chi connectivity index (χ0) is 9.26. The van der Waals surface area contributed by atoms with Gasteiger partial charge in [0.1, 0.15) is 0 Å². The predicted octanol–water partition coefficient (Wildman–Crippen LogP) is 1.14. The minimum atomic E-state index is 0.652. The van der Waals surface area contributed by atoms with Crippen LogP contribution in [-0.2, 0) is 0 Å². The summed E-state index contributed by atoms with van der Waals surface area (Å²) in [5.74, 6) is 0. The highest BCUT2D eigenvalue weighted by Crippen LogP contribution is 2.19. The van der Waals surface area contributed by atoms with Gasteiger partial charge in [-0.1, -0.05) is 0 Å². The van der Waals surface area contributed by atoms with Crippen molar-refractivity contribution in [3.05, 3.63) is 30.6 Å². The predicted molar refractivity (Wildman–Crippen MR) is 53.0 cm³/mol. The molecule has 2 aromatic rings. The van der Waals surface area contributed by atoms with Gasteiger partial charge < -0.3 is 5.73 Å². The molecule has 66 valence electrons. The van der Waals surface area contributed by atoms with Gasteiger partial charge in [0.05, 0.1) is 18.1 Å². The molecule has 0 atom stereocenters. The summed E-state index contributed by atoms with van der Waals surface area (Å²) in [5.41, 5.74) is 7.12. The van der Waals surface area contributed by atoms with Gasteiger partial charge in [0.15, 0.2) is 0 Å². The minimum Gasteiger partial charge on any atom is -0.398 e. The number of thiol groups is 1. The first kappa shape index (κ1) is 8.12. The third-order valence-corrected chi connectivity index (χ3v) is 2.05. The number of rotatable bonds is 1. The molecule has 0 saturated carbocycles. The number of nitrogens with zero attached hydrogens (tertiary/aromatic N) is 3. The lowest BCUT2D eigenvalue weighted by Gasteiger charge is -2.02. The van der Waals surface area contributed by atoms with Crippen LogP contribution in [0.25, 0.3) is 5.69 Å². The Morgan fingerprint density at radius 1 is 1.23 bits per heavy atom. The maximum atomic E-state index is 5.62. The average molecular weight is 192 g/mol. The van der Waals surface area contributed by atoms with Crippen molar-refractivity contribution in [3.8, 4) is 5.69 Å². The fraction of sp³-hybridized carbons (Fsp3) is 0. The lowest BCUT2D eigenvalue weighted by atomic mass is 10.3. The Kier molecular flexibility index (Phi) is 1.94. The van der Waals surface area contributed by atoms with E-state index in [2.05, 4.69) is 22.8 Å². The number of hydrogen-bond acceptors (Lipinski definition) is 4. The van der Waals surface area contributed by atoms with E-state index in [1.54, 1.807) is 18.5 Å². The molecule has 1 aromatic heterocycles. The molecular formula is C8H8N4S. The van der Waals surface area contributed by atoms with E-state index < -0.39 is 0 Å². The van der Waals surface area contributed by atoms with Crippen LogP contribution >= 0.6 is 12.6 Å². The maximum absolute atomic E-state index is 5.62. The Bertz CT molecular complexity index is 410. The first-order valence-electron chi connectivity index (χ1n) is 3.72. The number of hydrogen-bond donors (Lipinski definition) is 2. The standard InChI is InChI=1S/C8H8N4S/c9-7-2-1-6(5-8(7)13)12-10-3-4-11-12/h1-5,13H,9H2. The third-order valence-electron chi connectivity index (χ3n) is 1.66. The molecule has 0 bridgehead atoms. The first-order chi connectivity index (χ1) is 6.27. The monoisotopic (exact) mass is 192 g/mol. The summed E-state index contributed by atoms with van der Waals surface area (Å²) in [7, 11) is 0. The van der Waals surface area contributed by atoms with E-state index in [1.807, 2.05) is 12.1 Å². The van der Waals surface area contributed by atoms with E-state index in [-0.39, 0.29) is 0 Å². The summed E-state index contributed by atoms with van der Waals surface area (Å²) in [6.07, 6.45) is 3.24. The summed E-state index contributed by atoms with van der Waals surface area (Å²) >= 11 is 4.20. The molecule has 0 aliphatic rings. The molecule has 1 aromatic carbocycles. The van der Waals surface area contributed by atoms with Crippen molar-refractivity contribution in [2.24, 2.45) is 0 Å². The van der Waals surface area contributed by atoms with Crippen molar-refractivity contribution < 1.29 is 0 Å². The van der Waals surface area contributed by atoms with E-state index in [0.29, 0.717) is 5.69 Å². The molecule has 13 heavy (non-hydrogen) atoms. The molecule has 0 spiro atoms. The number of anilines is 1. The summed E-state index contributed by atoms with van der Waals surface area (Å²) in [4.78, 5) is 2.24. The molecule has 0 saturated heterocycles. The lowest BCUT2D eigenvalue weighted by molar-refractivity contribution is 0.750. The second-order valence-corrected chi connectivity index (χ2v) is 3.04. The molecule has 4 nitrogen and oxygen atoms in total. The zero-order valence-corrected chi connectivity index (χ0v) is 7.65. The van der Waals surface area contributed by atoms with Crippen LogP contribution in [0, 0.1) is 0 Å². The number of nitrogen functional groups attached to an aromatic ring is 1. The SMILES string of the molecule is Nc1ccc(-n2nccn2)cc1S. The van der Waals surface area contributed by atoms with E-state index in [4.69, 9.17) is 5.73 Å². The van der Waals surface area contributed by atoms with Gasteiger partial charge >= 0.3 is 0 Å². The van der Waals surface area contributed by atoms with Gasteiger partial charge in [0.2, 0.25) is 0 Å². The Morgan fingerprint density at radius 2 is 1.92 bits per heavy atom. The van der Waals surface area contributed by atoms with Crippen LogP contribution < -0.4 is 5.73 Å². The van der Waals surface area contributed by atoms with Crippen LogP contribution in [0.4, 0.5) is 5.69 Å². The zero-order valence-electron chi connectivity index (χ0n) is 6.75. The molecule has 0 amide bonds. The van der Waals surface area contributed by atoms with Crippen molar-refractivity contribution in [1.82, 2.24) is 15.0 Å². The van der Waals surface area contributed by atoms with Gasteiger partial charge in [-0.25, -0.2) is 0 Å². The van der Waals surface area contributed by atoms with Crippen LogP contribution in [0.15, 0.2) is 35.5 Å². The second-order valence-electron chi connectivity index (χ2n) is 2.56. The van der Waals surface area contributed by atoms with Crippen LogP contribution in [0.1, 0.15) is 0 Å². The first-order valence-corrected chi connectivity index (χ1v) is 4.17. The Labute approximate surface area is 80.8 Å². The fourth-order valence-corrected chi connectivity index (χ4v) is 1.21. The van der Waals surface area contributed by atoms with Crippen molar-refractivity contribution >= 4 is 18.3 Å². The quantitative estimate of drug-likeness (QED) is 0.526. The molecule has 0 unspecified atom stereocenters. The minimum absolute atomic E-state index is 0.652. The molecule has 1 heterocycles. The summed E-state index contributed by atoms with van der Waals surface area (Å²) < 4.78 is 0. The van der Waals surface area contributed by atoms with Gasteiger partial charge in [-0.3, -0.25) is 0 Å². The number of aromatic nitrogens is 3. The van der Waals surface area contributed by atoms with Crippen LogP contribution in [-0.4, -0.2) is 15.0 Å². The number of benzene rings is 1. The van der Waals surface area contributed by atoms with E-state index in [9.17, 15) is 0 Å². The Morgan fingerprint density at radius 3 is 2.54 bits per heavy atom. The van der Waals surface area contributed by atoms with Gasteiger partial charge in [0.25, 0.3) is 0 Å². The normalized spacial score (nSPS) is 10.2. The van der Waals surface area contributed by atoms with E-state index in [1.165, 1.54) is 4.80 Å². The van der Waals surface area contributed by atoms with Gasteiger partial charge in [-0.2, -0.15) is 15.0 Å². The largest absolute Gasteiger partial charge is 0.398 e. The molecule has 2 rings (SSSR count). The number of nitrogens with two attached hydrogens (primary N) is 1. The molecule has 0 aliphatic heterocycles. The van der Waals surface area contributed by atoms with Crippen LogP contribution in [0.5, 0.6) is 0 Å². The third kappa shape index (κ3) is 1.50.